The van der Waals surface area contributed by atoms with Gasteiger partial charge in [-0.15, -0.1) is 0 Å². The zero-order valence-electron chi connectivity index (χ0n) is 16.5. The first-order valence-corrected chi connectivity index (χ1v) is 9.58. The first-order valence-electron chi connectivity index (χ1n) is 9.58. The lowest BCUT2D eigenvalue weighted by Gasteiger charge is -2.16. The van der Waals surface area contributed by atoms with Gasteiger partial charge in [0, 0.05) is 25.7 Å². The highest BCUT2D eigenvalue weighted by Crippen LogP contribution is 2.38. The van der Waals surface area contributed by atoms with Crippen molar-refractivity contribution in [1.82, 2.24) is 34.7 Å². The van der Waals surface area contributed by atoms with E-state index in [0.717, 1.165) is 31.7 Å². The molecule has 1 saturated carbocycles. The van der Waals surface area contributed by atoms with Gasteiger partial charge < -0.3 is 10.6 Å². The average Bonchev–Trinajstić information content (AvgIpc) is 3.20. The highest BCUT2D eigenvalue weighted by molar-refractivity contribution is 5.55. The summed E-state index contributed by atoms with van der Waals surface area (Å²) >= 11 is 0. The third-order valence-electron chi connectivity index (χ3n) is 4.70. The number of hydrogen-bond donors (Lipinski definition) is 2. The Morgan fingerprint density at radius 2 is 2.00 bits per heavy atom. The third kappa shape index (κ3) is 4.03. The quantitative estimate of drug-likeness (QED) is 0.594. The molecule has 29 heavy (non-hydrogen) atoms. The molecule has 3 aromatic heterocycles. The summed E-state index contributed by atoms with van der Waals surface area (Å²) in [7, 11) is 0. The molecule has 0 radical (unpaired) electrons. The van der Waals surface area contributed by atoms with Crippen LogP contribution in [0.4, 0.5) is 26.4 Å². The van der Waals surface area contributed by atoms with E-state index in [1.54, 1.807) is 17.2 Å². The molecule has 9 nitrogen and oxygen atoms in total. The summed E-state index contributed by atoms with van der Waals surface area (Å²) in [5.74, 6) is -1.98. The number of hydrogen-bond acceptors (Lipinski definition) is 7. The van der Waals surface area contributed by atoms with Crippen molar-refractivity contribution in [2.75, 3.05) is 17.2 Å². The molecular weight excluding hydrogens is 380 g/mol. The summed E-state index contributed by atoms with van der Waals surface area (Å²) in [6, 6.07) is 2.05. The number of alkyl halides is 2. The first kappa shape index (κ1) is 19.2. The van der Waals surface area contributed by atoms with Crippen LogP contribution in [-0.4, -0.2) is 41.3 Å². The molecule has 4 rings (SSSR count). The van der Waals surface area contributed by atoms with Crippen molar-refractivity contribution < 1.29 is 8.78 Å². The van der Waals surface area contributed by atoms with Crippen LogP contribution < -0.4 is 10.6 Å². The molecule has 3 aromatic rings. The molecule has 0 amide bonds. The molecule has 0 aromatic carbocycles. The Labute approximate surface area is 166 Å². The Hall–Kier alpha value is -3.11. The van der Waals surface area contributed by atoms with Crippen LogP contribution in [0.1, 0.15) is 57.0 Å². The van der Waals surface area contributed by atoms with E-state index in [1.807, 2.05) is 24.6 Å². The predicted octanol–water partition coefficient (Wildman–Crippen LogP) is 3.50. The zero-order valence-corrected chi connectivity index (χ0v) is 16.5. The molecule has 1 unspecified atom stereocenters. The van der Waals surface area contributed by atoms with Crippen LogP contribution in [0.3, 0.4) is 0 Å². The summed E-state index contributed by atoms with van der Waals surface area (Å²) in [5.41, 5.74) is 0.555. The van der Waals surface area contributed by atoms with E-state index in [1.165, 1.54) is 0 Å². The third-order valence-corrected chi connectivity index (χ3v) is 4.70. The van der Waals surface area contributed by atoms with Crippen molar-refractivity contribution in [2.24, 2.45) is 0 Å². The number of anilines is 3. The van der Waals surface area contributed by atoms with Gasteiger partial charge in [0.25, 0.3) is 5.92 Å². The van der Waals surface area contributed by atoms with Gasteiger partial charge in [-0.1, -0.05) is 0 Å². The van der Waals surface area contributed by atoms with Crippen LogP contribution in [0.2, 0.25) is 0 Å². The summed E-state index contributed by atoms with van der Waals surface area (Å²) in [4.78, 5) is 9.94. The Kier molecular flexibility index (Phi) is 4.89. The smallest absolute Gasteiger partial charge is 0.275 e. The predicted molar refractivity (Wildman–Crippen MR) is 103 cm³/mol. The first-order chi connectivity index (χ1) is 13.9. The molecule has 3 heterocycles. The maximum atomic E-state index is 13.8. The van der Waals surface area contributed by atoms with Crippen molar-refractivity contribution in [3.63, 3.8) is 0 Å². The molecule has 0 aliphatic heterocycles. The second-order valence-corrected chi connectivity index (χ2v) is 7.16. The highest BCUT2D eigenvalue weighted by Gasteiger charge is 2.31. The molecule has 11 heteroatoms. The lowest BCUT2D eigenvalue weighted by atomic mass is 10.2. The number of halogens is 2. The summed E-state index contributed by atoms with van der Waals surface area (Å²) in [5, 5.41) is 19.1. The van der Waals surface area contributed by atoms with Crippen molar-refractivity contribution in [3.05, 3.63) is 35.9 Å². The SMILES string of the molecule is CCNc1nc(Nc2cc(C(C)n3nccn3)nn2C2CC2)ncc1C(C)(F)F. The number of nitrogens with zero attached hydrogens (tertiary/aromatic N) is 7. The second kappa shape index (κ2) is 7.37. The van der Waals surface area contributed by atoms with Gasteiger partial charge in [-0.2, -0.15) is 25.1 Å². The van der Waals surface area contributed by atoms with E-state index in [2.05, 4.69) is 30.8 Å². The Morgan fingerprint density at radius 1 is 1.28 bits per heavy atom. The minimum Gasteiger partial charge on any atom is -0.370 e. The number of nitrogens with one attached hydrogen (secondary N) is 2. The fourth-order valence-electron chi connectivity index (χ4n) is 3.03. The van der Waals surface area contributed by atoms with Crippen LogP contribution in [0.25, 0.3) is 0 Å². The normalized spacial score (nSPS) is 15.3. The van der Waals surface area contributed by atoms with Gasteiger partial charge in [-0.3, -0.25) is 0 Å². The molecule has 1 atom stereocenters. The standard InChI is InChI=1S/C18H23F2N9/c1-4-21-16-13(18(3,19)20)10-22-17(26-16)25-15-9-14(27-28(15)12-5-6-12)11(2)29-23-7-8-24-29/h7-12H,4-6H2,1-3H3,(H2,21,22,25,26). The molecule has 1 aliphatic carbocycles. The molecular formula is C18H23F2N9. The van der Waals surface area contributed by atoms with Gasteiger partial charge in [0.15, 0.2) is 0 Å². The van der Waals surface area contributed by atoms with Gasteiger partial charge in [0.05, 0.1) is 29.7 Å². The second-order valence-electron chi connectivity index (χ2n) is 7.16. The van der Waals surface area contributed by atoms with E-state index in [4.69, 9.17) is 5.10 Å². The molecule has 0 spiro atoms. The van der Waals surface area contributed by atoms with Crippen LogP contribution >= 0.6 is 0 Å². The minimum atomic E-state index is -3.04. The average molecular weight is 403 g/mol. The van der Waals surface area contributed by atoms with Crippen LogP contribution in [0, 0.1) is 0 Å². The fourth-order valence-corrected chi connectivity index (χ4v) is 3.03. The van der Waals surface area contributed by atoms with Crippen molar-refractivity contribution in [3.8, 4) is 0 Å². The van der Waals surface area contributed by atoms with Crippen LogP contribution in [0.15, 0.2) is 24.7 Å². The van der Waals surface area contributed by atoms with Gasteiger partial charge >= 0.3 is 0 Å². The summed E-state index contributed by atoms with van der Waals surface area (Å²) < 4.78 is 29.6. The topological polar surface area (TPSA) is 98.4 Å². The zero-order chi connectivity index (χ0) is 20.6. The molecule has 1 fully saturated rings. The Balaban J connectivity index is 1.64. The minimum absolute atomic E-state index is 0.115. The largest absolute Gasteiger partial charge is 0.370 e. The van der Waals surface area contributed by atoms with Crippen LogP contribution in [0.5, 0.6) is 0 Å². The maximum Gasteiger partial charge on any atom is 0.275 e. The van der Waals surface area contributed by atoms with Gasteiger partial charge in [-0.05, 0) is 26.7 Å². The summed E-state index contributed by atoms with van der Waals surface area (Å²) in [6.45, 7) is 5.09. The van der Waals surface area contributed by atoms with Crippen LogP contribution in [-0.2, 0) is 5.92 Å². The molecule has 154 valence electrons. The van der Waals surface area contributed by atoms with E-state index in [0.29, 0.717) is 18.4 Å². The monoisotopic (exact) mass is 403 g/mol. The highest BCUT2D eigenvalue weighted by atomic mass is 19.3. The Bertz CT molecular complexity index is 974. The van der Waals surface area contributed by atoms with E-state index >= 15 is 0 Å². The molecule has 0 saturated heterocycles. The molecule has 0 bridgehead atoms. The van der Waals surface area contributed by atoms with E-state index in [9.17, 15) is 8.78 Å². The summed E-state index contributed by atoms with van der Waals surface area (Å²) in [6.07, 6.45) is 6.47. The van der Waals surface area contributed by atoms with Gasteiger partial charge in [0.2, 0.25) is 5.95 Å². The van der Waals surface area contributed by atoms with Gasteiger partial charge in [0.1, 0.15) is 17.7 Å². The van der Waals surface area contributed by atoms with E-state index < -0.39 is 5.92 Å². The van der Waals surface area contributed by atoms with Crippen molar-refractivity contribution in [1.29, 1.82) is 0 Å². The van der Waals surface area contributed by atoms with E-state index in [-0.39, 0.29) is 23.4 Å². The van der Waals surface area contributed by atoms with Gasteiger partial charge in [-0.25, -0.2) is 18.4 Å². The Morgan fingerprint density at radius 3 is 2.62 bits per heavy atom. The van der Waals surface area contributed by atoms with Crippen molar-refractivity contribution in [2.45, 2.75) is 51.6 Å². The van der Waals surface area contributed by atoms with Crippen molar-refractivity contribution >= 4 is 17.6 Å². The maximum absolute atomic E-state index is 13.8. The fraction of sp³-hybridized carbons (Fsp3) is 0.500. The molecule has 1 aliphatic rings. The molecule has 2 N–H and O–H groups in total. The lowest BCUT2D eigenvalue weighted by Crippen LogP contribution is -2.15. The lowest BCUT2D eigenvalue weighted by molar-refractivity contribution is 0.0176. The number of aromatic nitrogens is 7. The number of rotatable bonds is 8.